The minimum Gasteiger partial charge on any atom is -0.476 e. The van der Waals surface area contributed by atoms with Crippen LogP contribution in [0.2, 0.25) is 0 Å². The second-order valence-corrected chi connectivity index (χ2v) is 3.96. The van der Waals surface area contributed by atoms with Crippen molar-refractivity contribution in [3.8, 4) is 0 Å². The normalized spacial score (nSPS) is 11.2. The van der Waals surface area contributed by atoms with Gasteiger partial charge in [-0.2, -0.15) is 5.10 Å². The largest absolute Gasteiger partial charge is 0.476 e. The Labute approximate surface area is 98.2 Å². The van der Waals surface area contributed by atoms with Crippen LogP contribution in [0.4, 0.5) is 5.69 Å². The fraction of sp³-hybridized carbons (Fsp3) is 0.500. The maximum atomic E-state index is 11.7. The van der Waals surface area contributed by atoms with Crippen molar-refractivity contribution in [1.82, 2.24) is 9.78 Å². The van der Waals surface area contributed by atoms with Crippen molar-refractivity contribution in [1.29, 1.82) is 0 Å². The van der Waals surface area contributed by atoms with E-state index in [1.54, 1.807) is 20.8 Å². The highest BCUT2D eigenvalue weighted by atomic mass is 16.5. The zero-order valence-corrected chi connectivity index (χ0v) is 9.93. The number of nitrogens with zero attached hydrogens (tertiary/aromatic N) is 2. The molecule has 7 heteroatoms. The van der Waals surface area contributed by atoms with Gasteiger partial charge < -0.3 is 15.6 Å². The number of nitrogen functional groups attached to an aromatic ring is 1. The molecule has 7 nitrogen and oxygen atoms in total. The Morgan fingerprint density at radius 3 is 2.59 bits per heavy atom. The van der Waals surface area contributed by atoms with Gasteiger partial charge in [0, 0.05) is 0 Å². The van der Waals surface area contributed by atoms with E-state index < -0.39 is 17.5 Å². The minimum atomic E-state index is -1.24. The van der Waals surface area contributed by atoms with Crippen molar-refractivity contribution in [2.24, 2.45) is 0 Å². The lowest BCUT2D eigenvalue weighted by molar-refractivity contribution is -0.152. The predicted molar refractivity (Wildman–Crippen MR) is 59.6 cm³/mol. The first-order valence-corrected chi connectivity index (χ1v) is 5.06. The monoisotopic (exact) mass is 241 g/mol. The van der Waals surface area contributed by atoms with Gasteiger partial charge in [0.05, 0.1) is 18.5 Å². The Bertz CT molecular complexity index is 450. The smallest absolute Gasteiger partial charge is 0.358 e. The standard InChI is InChI=1S/C10H15N3O4/c1-4-17-9(16)10(2,3)13-5-6(11)7(12-13)8(14)15/h5H,4,11H2,1-3H3,(H,14,15). The van der Waals surface area contributed by atoms with Crippen LogP contribution in [0.5, 0.6) is 0 Å². The number of carboxylic acid groups (broad SMARTS) is 1. The lowest BCUT2D eigenvalue weighted by Crippen LogP contribution is -2.38. The molecule has 0 radical (unpaired) electrons. The number of ether oxygens (including phenoxy) is 1. The summed E-state index contributed by atoms with van der Waals surface area (Å²) in [6.07, 6.45) is 1.31. The maximum absolute atomic E-state index is 11.7. The molecule has 1 heterocycles. The molecule has 0 aliphatic carbocycles. The first kappa shape index (κ1) is 13.0. The van der Waals surface area contributed by atoms with Gasteiger partial charge in [-0.25, -0.2) is 9.59 Å². The molecule has 94 valence electrons. The van der Waals surface area contributed by atoms with E-state index in [9.17, 15) is 9.59 Å². The Morgan fingerprint density at radius 1 is 1.59 bits per heavy atom. The summed E-state index contributed by atoms with van der Waals surface area (Å²) in [4.78, 5) is 22.5. The topological polar surface area (TPSA) is 107 Å². The number of hydrogen-bond donors (Lipinski definition) is 2. The molecular formula is C10H15N3O4. The molecule has 0 saturated carbocycles. The van der Waals surface area contributed by atoms with E-state index in [1.807, 2.05) is 0 Å². The summed E-state index contributed by atoms with van der Waals surface area (Å²) in [5.74, 6) is -1.74. The number of nitrogens with two attached hydrogens (primary N) is 1. The van der Waals surface area contributed by atoms with Gasteiger partial charge in [-0.15, -0.1) is 0 Å². The zero-order chi connectivity index (χ0) is 13.2. The van der Waals surface area contributed by atoms with Crippen LogP contribution in [0.1, 0.15) is 31.3 Å². The Balaban J connectivity index is 3.11. The first-order valence-electron chi connectivity index (χ1n) is 5.06. The van der Waals surface area contributed by atoms with Crippen LogP contribution < -0.4 is 5.73 Å². The molecule has 0 atom stereocenters. The minimum absolute atomic E-state index is 0.00914. The molecule has 0 aliphatic rings. The van der Waals surface area contributed by atoms with E-state index in [2.05, 4.69) is 5.10 Å². The number of carbonyl (C=O) groups is 2. The number of aromatic carboxylic acids is 1. The molecule has 0 aromatic carbocycles. The van der Waals surface area contributed by atoms with E-state index in [0.717, 1.165) is 0 Å². The Kier molecular flexibility index (Phi) is 3.40. The van der Waals surface area contributed by atoms with Gasteiger partial charge in [-0.3, -0.25) is 4.68 Å². The average Bonchev–Trinajstić information content (AvgIpc) is 2.61. The molecule has 0 amide bonds. The number of esters is 1. The molecule has 1 aromatic heterocycles. The van der Waals surface area contributed by atoms with Gasteiger partial charge in [0.15, 0.2) is 11.2 Å². The van der Waals surface area contributed by atoms with E-state index in [4.69, 9.17) is 15.6 Å². The van der Waals surface area contributed by atoms with Gasteiger partial charge in [0.1, 0.15) is 0 Å². The summed E-state index contributed by atoms with van der Waals surface area (Å²) in [5.41, 5.74) is 4.13. The highest BCUT2D eigenvalue weighted by Crippen LogP contribution is 2.20. The van der Waals surface area contributed by atoms with Crippen LogP contribution in [-0.2, 0) is 15.1 Å². The van der Waals surface area contributed by atoms with Gasteiger partial charge in [0.25, 0.3) is 0 Å². The molecule has 17 heavy (non-hydrogen) atoms. The van der Waals surface area contributed by atoms with Crippen LogP contribution in [-0.4, -0.2) is 33.4 Å². The van der Waals surface area contributed by atoms with Crippen molar-refractivity contribution >= 4 is 17.6 Å². The molecule has 0 bridgehead atoms. The predicted octanol–water partition coefficient (Wildman–Crippen LogP) is 0.462. The molecule has 0 saturated heterocycles. The first-order chi connectivity index (χ1) is 7.80. The lowest BCUT2D eigenvalue weighted by atomic mass is 10.1. The summed E-state index contributed by atoms with van der Waals surface area (Å²) in [6, 6.07) is 0. The highest BCUT2D eigenvalue weighted by molar-refractivity contribution is 5.91. The van der Waals surface area contributed by atoms with Crippen LogP contribution in [0.25, 0.3) is 0 Å². The van der Waals surface area contributed by atoms with Crippen molar-refractivity contribution in [2.75, 3.05) is 12.3 Å². The van der Waals surface area contributed by atoms with E-state index in [-0.39, 0.29) is 18.0 Å². The van der Waals surface area contributed by atoms with E-state index >= 15 is 0 Å². The molecule has 0 aliphatic heterocycles. The van der Waals surface area contributed by atoms with E-state index in [0.29, 0.717) is 0 Å². The van der Waals surface area contributed by atoms with Crippen LogP contribution in [0, 0.1) is 0 Å². The van der Waals surface area contributed by atoms with Crippen LogP contribution in [0.3, 0.4) is 0 Å². The molecule has 1 rings (SSSR count). The number of aromatic nitrogens is 2. The molecule has 1 aromatic rings. The number of hydrogen-bond acceptors (Lipinski definition) is 5. The zero-order valence-electron chi connectivity index (χ0n) is 9.93. The molecule has 3 N–H and O–H groups in total. The summed E-state index contributed by atoms with van der Waals surface area (Å²) >= 11 is 0. The summed E-state index contributed by atoms with van der Waals surface area (Å²) in [5, 5.41) is 12.6. The Morgan fingerprint density at radius 2 is 2.18 bits per heavy atom. The second-order valence-electron chi connectivity index (χ2n) is 3.96. The quantitative estimate of drug-likeness (QED) is 0.741. The summed E-state index contributed by atoms with van der Waals surface area (Å²) < 4.78 is 6.08. The van der Waals surface area contributed by atoms with Crippen molar-refractivity contribution < 1.29 is 19.4 Å². The summed E-state index contributed by atoms with van der Waals surface area (Å²) in [7, 11) is 0. The highest BCUT2D eigenvalue weighted by Gasteiger charge is 2.33. The van der Waals surface area contributed by atoms with Gasteiger partial charge >= 0.3 is 11.9 Å². The average molecular weight is 241 g/mol. The van der Waals surface area contributed by atoms with Gasteiger partial charge in [-0.1, -0.05) is 0 Å². The van der Waals surface area contributed by atoms with Crippen LogP contribution >= 0.6 is 0 Å². The summed E-state index contributed by atoms with van der Waals surface area (Å²) in [6.45, 7) is 5.07. The van der Waals surface area contributed by atoms with Crippen LogP contribution in [0.15, 0.2) is 6.20 Å². The third-order valence-corrected chi connectivity index (χ3v) is 2.29. The third-order valence-electron chi connectivity index (χ3n) is 2.29. The second kappa shape index (κ2) is 4.44. The lowest BCUT2D eigenvalue weighted by Gasteiger charge is -2.22. The van der Waals surface area contributed by atoms with Gasteiger partial charge in [0.2, 0.25) is 0 Å². The van der Waals surface area contributed by atoms with Crippen molar-refractivity contribution in [2.45, 2.75) is 26.3 Å². The Hall–Kier alpha value is -2.05. The third kappa shape index (κ3) is 2.38. The number of carboxylic acids is 1. The van der Waals surface area contributed by atoms with Crippen molar-refractivity contribution in [3.63, 3.8) is 0 Å². The number of rotatable bonds is 4. The fourth-order valence-electron chi connectivity index (χ4n) is 1.24. The van der Waals surface area contributed by atoms with Gasteiger partial charge in [-0.05, 0) is 20.8 Å². The fourth-order valence-corrected chi connectivity index (χ4v) is 1.24. The molecule has 0 fully saturated rings. The molecule has 0 unspecified atom stereocenters. The molecular weight excluding hydrogens is 226 g/mol. The SMILES string of the molecule is CCOC(=O)C(C)(C)n1cc(N)c(C(=O)O)n1. The molecule has 0 spiro atoms. The maximum Gasteiger partial charge on any atom is 0.358 e. The number of carbonyl (C=O) groups excluding carboxylic acids is 1. The van der Waals surface area contributed by atoms with Crippen molar-refractivity contribution in [3.05, 3.63) is 11.9 Å². The number of anilines is 1. The van der Waals surface area contributed by atoms with E-state index in [1.165, 1.54) is 10.9 Å².